The van der Waals surface area contributed by atoms with Gasteiger partial charge in [0, 0.05) is 12.2 Å². The van der Waals surface area contributed by atoms with Crippen molar-refractivity contribution in [2.75, 3.05) is 23.7 Å². The molecule has 3 N–H and O–H groups in total. The second kappa shape index (κ2) is 6.56. The molecule has 1 aliphatic heterocycles. The zero-order chi connectivity index (χ0) is 15.4. The first-order chi connectivity index (χ1) is 10.7. The number of aryl methyl sites for hydroxylation is 1. The molecular formula is C19H23N3. The highest BCUT2D eigenvalue weighted by Gasteiger charge is 2.17. The molecule has 0 atom stereocenters. The molecule has 1 aliphatic carbocycles. The molecule has 0 saturated carbocycles. The summed E-state index contributed by atoms with van der Waals surface area (Å²) < 4.78 is 0. The minimum absolute atomic E-state index is 0.826. The molecule has 114 valence electrons. The van der Waals surface area contributed by atoms with Crippen molar-refractivity contribution in [1.29, 1.82) is 0 Å². The number of nitrogens with two attached hydrogens (primary N) is 1. The number of hydrogen-bond acceptors (Lipinski definition) is 3. The molecular weight excluding hydrogens is 270 g/mol. The summed E-state index contributed by atoms with van der Waals surface area (Å²) in [5.41, 5.74) is 12.1. The standard InChI is InChI=1S/C19H23N3/c1-15-9-10-19(18(20)12-15)22(17-8-5-11-21-13-17)14-16-6-3-2-4-7-16/h2-3,5-6,8-12,21H,4,7,13-14,20H2,1H3. The first-order valence-corrected chi connectivity index (χ1v) is 7.81. The summed E-state index contributed by atoms with van der Waals surface area (Å²) in [5, 5.41) is 3.29. The van der Waals surface area contributed by atoms with Crippen LogP contribution in [0.3, 0.4) is 0 Å². The Labute approximate surface area is 132 Å². The van der Waals surface area contributed by atoms with Gasteiger partial charge in [-0.2, -0.15) is 0 Å². The van der Waals surface area contributed by atoms with E-state index in [4.69, 9.17) is 5.73 Å². The largest absolute Gasteiger partial charge is 0.397 e. The third kappa shape index (κ3) is 3.25. The highest BCUT2D eigenvalue weighted by atomic mass is 15.2. The number of dihydropyridines is 1. The van der Waals surface area contributed by atoms with E-state index < -0.39 is 0 Å². The van der Waals surface area contributed by atoms with Crippen molar-refractivity contribution in [3.8, 4) is 0 Å². The number of nitrogen functional groups attached to an aromatic ring is 1. The molecule has 2 aliphatic rings. The van der Waals surface area contributed by atoms with Gasteiger partial charge in [0.15, 0.2) is 0 Å². The first kappa shape index (κ1) is 14.5. The van der Waals surface area contributed by atoms with Crippen molar-refractivity contribution in [3.05, 3.63) is 71.6 Å². The van der Waals surface area contributed by atoms with E-state index in [1.807, 2.05) is 18.3 Å². The van der Waals surface area contributed by atoms with Gasteiger partial charge in [0.25, 0.3) is 0 Å². The molecule has 0 radical (unpaired) electrons. The molecule has 3 nitrogen and oxygen atoms in total. The van der Waals surface area contributed by atoms with Crippen molar-refractivity contribution >= 4 is 11.4 Å². The zero-order valence-corrected chi connectivity index (χ0v) is 13.0. The Hall–Kier alpha value is -2.42. The number of anilines is 2. The van der Waals surface area contributed by atoms with Gasteiger partial charge < -0.3 is 16.0 Å². The number of allylic oxidation sites excluding steroid dienone is 5. The Morgan fingerprint density at radius 3 is 2.82 bits per heavy atom. The number of rotatable bonds is 4. The number of hydrogen-bond donors (Lipinski definition) is 2. The lowest BCUT2D eigenvalue weighted by Gasteiger charge is -2.31. The van der Waals surface area contributed by atoms with Gasteiger partial charge in [-0.05, 0) is 55.8 Å². The lowest BCUT2D eigenvalue weighted by Crippen LogP contribution is -2.32. The van der Waals surface area contributed by atoms with E-state index >= 15 is 0 Å². The fourth-order valence-corrected chi connectivity index (χ4v) is 2.88. The summed E-state index contributed by atoms with van der Waals surface area (Å²) in [7, 11) is 0. The van der Waals surface area contributed by atoms with Gasteiger partial charge in [-0.3, -0.25) is 0 Å². The highest BCUT2D eigenvalue weighted by Crippen LogP contribution is 2.29. The number of benzene rings is 1. The molecule has 0 bridgehead atoms. The number of nitrogens with zero attached hydrogens (tertiary/aromatic N) is 1. The van der Waals surface area contributed by atoms with Crippen LogP contribution in [-0.2, 0) is 0 Å². The van der Waals surface area contributed by atoms with Crippen LogP contribution in [0, 0.1) is 6.92 Å². The van der Waals surface area contributed by atoms with Crippen LogP contribution in [0.1, 0.15) is 18.4 Å². The van der Waals surface area contributed by atoms with Crippen LogP contribution in [0.25, 0.3) is 0 Å². The van der Waals surface area contributed by atoms with Crippen molar-refractivity contribution in [2.24, 2.45) is 0 Å². The van der Waals surface area contributed by atoms with Gasteiger partial charge in [0.2, 0.25) is 0 Å². The molecule has 0 amide bonds. The lowest BCUT2D eigenvalue weighted by molar-refractivity contribution is 0.817. The molecule has 1 aromatic rings. The van der Waals surface area contributed by atoms with Gasteiger partial charge in [0.1, 0.15) is 0 Å². The van der Waals surface area contributed by atoms with Crippen LogP contribution in [0.2, 0.25) is 0 Å². The maximum Gasteiger partial charge on any atom is 0.0645 e. The zero-order valence-electron chi connectivity index (χ0n) is 13.0. The van der Waals surface area contributed by atoms with Gasteiger partial charge >= 0.3 is 0 Å². The van der Waals surface area contributed by atoms with E-state index in [9.17, 15) is 0 Å². The van der Waals surface area contributed by atoms with Gasteiger partial charge in [-0.15, -0.1) is 0 Å². The number of nitrogens with one attached hydrogen (secondary N) is 1. The topological polar surface area (TPSA) is 41.3 Å². The fourth-order valence-electron chi connectivity index (χ4n) is 2.88. The Bertz CT molecular complexity index is 665. The predicted octanol–water partition coefficient (Wildman–Crippen LogP) is 3.66. The maximum absolute atomic E-state index is 6.29. The summed E-state index contributed by atoms with van der Waals surface area (Å²) in [6.07, 6.45) is 15.0. The summed E-state index contributed by atoms with van der Waals surface area (Å²) >= 11 is 0. The second-order valence-electron chi connectivity index (χ2n) is 5.84. The fraction of sp³-hybridized carbons (Fsp3) is 0.263. The average molecular weight is 293 g/mol. The molecule has 0 fully saturated rings. The van der Waals surface area contributed by atoms with Gasteiger partial charge in [0.05, 0.1) is 17.9 Å². The van der Waals surface area contributed by atoms with E-state index in [-0.39, 0.29) is 0 Å². The lowest BCUT2D eigenvalue weighted by atomic mass is 10.0. The minimum atomic E-state index is 0.826. The van der Waals surface area contributed by atoms with E-state index in [0.29, 0.717) is 0 Å². The quantitative estimate of drug-likeness (QED) is 0.832. The van der Waals surface area contributed by atoms with E-state index in [1.165, 1.54) is 16.8 Å². The molecule has 1 aromatic carbocycles. The van der Waals surface area contributed by atoms with Crippen molar-refractivity contribution in [2.45, 2.75) is 19.8 Å². The van der Waals surface area contributed by atoms with Crippen LogP contribution in [0.5, 0.6) is 0 Å². The normalized spacial score (nSPS) is 16.8. The smallest absolute Gasteiger partial charge is 0.0645 e. The summed E-state index contributed by atoms with van der Waals surface area (Å²) in [6.45, 7) is 3.79. The average Bonchev–Trinajstić information content (AvgIpc) is 2.55. The van der Waals surface area contributed by atoms with Crippen molar-refractivity contribution < 1.29 is 0 Å². The predicted molar refractivity (Wildman–Crippen MR) is 94.6 cm³/mol. The van der Waals surface area contributed by atoms with Crippen LogP contribution < -0.4 is 16.0 Å². The Morgan fingerprint density at radius 2 is 2.14 bits per heavy atom. The highest BCUT2D eigenvalue weighted by molar-refractivity contribution is 5.71. The van der Waals surface area contributed by atoms with Gasteiger partial charge in [-0.1, -0.05) is 29.9 Å². The summed E-state index contributed by atoms with van der Waals surface area (Å²) in [4.78, 5) is 2.33. The maximum atomic E-state index is 6.29. The van der Waals surface area contributed by atoms with Crippen LogP contribution in [-0.4, -0.2) is 13.1 Å². The molecule has 0 spiro atoms. The summed E-state index contributed by atoms with van der Waals surface area (Å²) in [6, 6.07) is 6.30. The van der Waals surface area contributed by atoms with Gasteiger partial charge in [-0.25, -0.2) is 0 Å². The molecule has 22 heavy (non-hydrogen) atoms. The second-order valence-corrected chi connectivity index (χ2v) is 5.84. The Kier molecular flexibility index (Phi) is 4.33. The molecule has 0 unspecified atom stereocenters. The minimum Gasteiger partial charge on any atom is -0.397 e. The third-order valence-electron chi connectivity index (χ3n) is 4.07. The molecule has 3 heteroatoms. The van der Waals surface area contributed by atoms with Crippen LogP contribution in [0.4, 0.5) is 11.4 Å². The van der Waals surface area contributed by atoms with Crippen molar-refractivity contribution in [3.63, 3.8) is 0 Å². The Balaban J connectivity index is 1.94. The molecule has 3 rings (SSSR count). The monoisotopic (exact) mass is 293 g/mol. The van der Waals surface area contributed by atoms with Crippen LogP contribution in [0.15, 0.2) is 66.0 Å². The van der Waals surface area contributed by atoms with Crippen LogP contribution >= 0.6 is 0 Å². The Morgan fingerprint density at radius 1 is 1.23 bits per heavy atom. The molecule has 0 saturated heterocycles. The summed E-state index contributed by atoms with van der Waals surface area (Å²) in [5.74, 6) is 0. The van der Waals surface area contributed by atoms with Crippen molar-refractivity contribution in [1.82, 2.24) is 5.32 Å². The molecule has 1 heterocycles. The first-order valence-electron chi connectivity index (χ1n) is 7.81. The SMILES string of the molecule is Cc1ccc(N(CC2=CC=CCC2)C2=CC=CNC2)c(N)c1. The van der Waals surface area contributed by atoms with E-state index in [1.54, 1.807) is 0 Å². The third-order valence-corrected chi connectivity index (χ3v) is 4.07. The molecule has 0 aromatic heterocycles. The van der Waals surface area contributed by atoms with E-state index in [0.717, 1.165) is 37.3 Å². The van der Waals surface area contributed by atoms with E-state index in [2.05, 4.69) is 53.6 Å².